The second kappa shape index (κ2) is 9.21. The van der Waals surface area contributed by atoms with Crippen molar-refractivity contribution in [3.8, 4) is 5.75 Å². The van der Waals surface area contributed by atoms with E-state index in [1.54, 1.807) is 24.3 Å². The number of rotatable bonds is 8. The van der Waals surface area contributed by atoms with Gasteiger partial charge in [-0.05, 0) is 43.3 Å². The summed E-state index contributed by atoms with van der Waals surface area (Å²) in [6, 6.07) is 16.8. The molecule has 0 N–H and O–H groups in total. The topological polar surface area (TPSA) is 59.1 Å². The Hall–Kier alpha value is -2.09. The van der Waals surface area contributed by atoms with Crippen LogP contribution in [0.5, 0.6) is 5.75 Å². The van der Waals surface area contributed by atoms with Crippen molar-refractivity contribution in [1.82, 2.24) is 4.31 Å². The lowest BCUT2D eigenvalue weighted by molar-refractivity contribution is 0.0730. The lowest BCUT2D eigenvalue weighted by atomic mass is 10.3. The van der Waals surface area contributed by atoms with Gasteiger partial charge in [0.15, 0.2) is 0 Å². The van der Waals surface area contributed by atoms with Crippen LogP contribution in [0.1, 0.15) is 6.92 Å². The summed E-state index contributed by atoms with van der Waals surface area (Å²) in [6.07, 6.45) is 0. The van der Waals surface area contributed by atoms with Gasteiger partial charge in [0.2, 0.25) is 10.0 Å². The van der Waals surface area contributed by atoms with Gasteiger partial charge >= 0.3 is 0 Å². The first-order valence-corrected chi connectivity index (χ1v) is 10.7. The van der Waals surface area contributed by atoms with Crippen molar-refractivity contribution < 1.29 is 17.9 Å². The van der Waals surface area contributed by atoms with Crippen LogP contribution in [-0.4, -0.2) is 58.7 Å². The van der Waals surface area contributed by atoms with E-state index in [1.807, 2.05) is 18.2 Å². The Morgan fingerprint density at radius 1 is 1.04 bits per heavy atom. The lowest BCUT2D eigenvalue weighted by Crippen LogP contribution is -2.40. The monoisotopic (exact) mass is 390 g/mol. The third kappa shape index (κ3) is 5.00. The molecule has 27 heavy (non-hydrogen) atoms. The van der Waals surface area contributed by atoms with Crippen LogP contribution >= 0.6 is 0 Å². The van der Waals surface area contributed by atoms with Crippen molar-refractivity contribution in [1.29, 1.82) is 0 Å². The minimum atomic E-state index is -3.46. The molecule has 3 rings (SSSR count). The fraction of sp³-hybridized carbons (Fsp3) is 0.400. The summed E-state index contributed by atoms with van der Waals surface area (Å²) >= 11 is 0. The number of nitrogens with zero attached hydrogens (tertiary/aromatic N) is 2. The molecule has 146 valence electrons. The fourth-order valence-corrected chi connectivity index (χ4v) is 4.43. The van der Waals surface area contributed by atoms with E-state index in [0.717, 1.165) is 18.8 Å². The number of hydrogen-bond donors (Lipinski definition) is 0. The molecular weight excluding hydrogens is 364 g/mol. The van der Waals surface area contributed by atoms with Crippen molar-refractivity contribution >= 4 is 15.7 Å². The largest absolute Gasteiger partial charge is 0.492 e. The number of ether oxygens (including phenoxy) is 2. The molecule has 1 fully saturated rings. The van der Waals surface area contributed by atoms with Crippen LogP contribution in [0.3, 0.4) is 0 Å². The number of para-hydroxylation sites is 1. The highest BCUT2D eigenvalue weighted by Gasteiger charge is 2.26. The number of hydrogen-bond acceptors (Lipinski definition) is 5. The van der Waals surface area contributed by atoms with E-state index in [-0.39, 0.29) is 4.90 Å². The van der Waals surface area contributed by atoms with E-state index in [9.17, 15) is 8.42 Å². The van der Waals surface area contributed by atoms with Crippen LogP contribution in [0, 0.1) is 0 Å². The third-order valence-electron chi connectivity index (χ3n) is 4.56. The zero-order valence-electron chi connectivity index (χ0n) is 15.6. The van der Waals surface area contributed by atoms with Gasteiger partial charge in [0.1, 0.15) is 12.4 Å². The summed E-state index contributed by atoms with van der Waals surface area (Å²) in [5.74, 6) is 0.667. The molecule has 0 spiro atoms. The maximum atomic E-state index is 12.6. The van der Waals surface area contributed by atoms with Gasteiger partial charge in [-0.25, -0.2) is 8.42 Å². The van der Waals surface area contributed by atoms with Crippen LogP contribution in [0.25, 0.3) is 0 Å². The number of likely N-dealkylation sites (N-methyl/N-ethyl adjacent to an activating group) is 1. The number of anilines is 1. The second-order valence-corrected chi connectivity index (χ2v) is 8.19. The second-order valence-electron chi connectivity index (χ2n) is 6.25. The highest BCUT2D eigenvalue weighted by Crippen LogP contribution is 2.20. The number of benzene rings is 2. The average Bonchev–Trinajstić information content (AvgIpc) is 2.73. The molecular formula is C20H26N2O4S. The van der Waals surface area contributed by atoms with Gasteiger partial charge in [0, 0.05) is 25.3 Å². The molecule has 1 saturated heterocycles. The van der Waals surface area contributed by atoms with Crippen molar-refractivity contribution in [3.63, 3.8) is 0 Å². The summed E-state index contributed by atoms with van der Waals surface area (Å²) in [6.45, 7) is 5.96. The average molecular weight is 391 g/mol. The highest BCUT2D eigenvalue weighted by atomic mass is 32.2. The summed E-state index contributed by atoms with van der Waals surface area (Å²) < 4.78 is 37.7. The first-order valence-electron chi connectivity index (χ1n) is 9.22. The Bertz CT molecular complexity index is 804. The third-order valence-corrected chi connectivity index (χ3v) is 6.48. The lowest BCUT2D eigenvalue weighted by Gasteiger charge is -2.26. The van der Waals surface area contributed by atoms with Gasteiger partial charge in [-0.1, -0.05) is 18.2 Å². The Morgan fingerprint density at radius 2 is 1.70 bits per heavy atom. The maximum Gasteiger partial charge on any atom is 0.243 e. The van der Waals surface area contributed by atoms with Crippen molar-refractivity contribution in [2.75, 3.05) is 50.9 Å². The highest BCUT2D eigenvalue weighted by molar-refractivity contribution is 7.89. The van der Waals surface area contributed by atoms with Gasteiger partial charge in [-0.15, -0.1) is 0 Å². The molecule has 0 amide bonds. The SMILES string of the molecule is CCN(CCOc1ccc(S(=O)(=O)N2CCOCC2)cc1)c1ccccc1. The predicted octanol–water partition coefficient (Wildman–Crippen LogP) is 2.61. The maximum absolute atomic E-state index is 12.6. The fourth-order valence-electron chi connectivity index (χ4n) is 3.03. The molecule has 7 heteroatoms. The van der Waals surface area contributed by atoms with E-state index in [1.165, 1.54) is 4.31 Å². The van der Waals surface area contributed by atoms with E-state index >= 15 is 0 Å². The van der Waals surface area contributed by atoms with E-state index in [0.29, 0.717) is 38.7 Å². The van der Waals surface area contributed by atoms with Gasteiger partial charge in [0.05, 0.1) is 24.7 Å². The molecule has 0 saturated carbocycles. The van der Waals surface area contributed by atoms with Gasteiger partial charge in [0.25, 0.3) is 0 Å². The van der Waals surface area contributed by atoms with Gasteiger partial charge in [-0.3, -0.25) is 0 Å². The molecule has 0 bridgehead atoms. The Morgan fingerprint density at radius 3 is 2.33 bits per heavy atom. The molecule has 0 aliphatic carbocycles. The van der Waals surface area contributed by atoms with Crippen LogP contribution in [0.4, 0.5) is 5.69 Å². The molecule has 0 aromatic heterocycles. The predicted molar refractivity (Wildman–Crippen MR) is 106 cm³/mol. The first kappa shape index (κ1) is 19.7. The van der Waals surface area contributed by atoms with Crippen LogP contribution in [-0.2, 0) is 14.8 Å². The number of sulfonamides is 1. The van der Waals surface area contributed by atoms with Crippen LogP contribution in [0.2, 0.25) is 0 Å². The van der Waals surface area contributed by atoms with Gasteiger partial charge in [-0.2, -0.15) is 4.31 Å². The molecule has 0 atom stereocenters. The summed E-state index contributed by atoms with van der Waals surface area (Å²) in [5.41, 5.74) is 1.16. The summed E-state index contributed by atoms with van der Waals surface area (Å²) in [5, 5.41) is 0. The zero-order valence-corrected chi connectivity index (χ0v) is 16.4. The van der Waals surface area contributed by atoms with Crippen molar-refractivity contribution in [3.05, 3.63) is 54.6 Å². The van der Waals surface area contributed by atoms with Crippen molar-refractivity contribution in [2.45, 2.75) is 11.8 Å². The standard InChI is InChI=1S/C20H26N2O4S/c1-2-21(18-6-4-3-5-7-18)12-17-26-19-8-10-20(11-9-19)27(23,24)22-13-15-25-16-14-22/h3-11H,2,12-17H2,1H3. The minimum absolute atomic E-state index is 0.288. The first-order chi connectivity index (χ1) is 13.1. The number of morpholine rings is 1. The molecule has 2 aromatic rings. The smallest absolute Gasteiger partial charge is 0.243 e. The van der Waals surface area contributed by atoms with Crippen molar-refractivity contribution in [2.24, 2.45) is 0 Å². The Kier molecular flexibility index (Phi) is 6.71. The van der Waals surface area contributed by atoms with E-state index in [2.05, 4.69) is 24.0 Å². The normalized spacial score (nSPS) is 15.4. The van der Waals surface area contributed by atoms with Crippen LogP contribution < -0.4 is 9.64 Å². The minimum Gasteiger partial charge on any atom is -0.492 e. The van der Waals surface area contributed by atoms with Crippen LogP contribution in [0.15, 0.2) is 59.5 Å². The molecule has 1 aliphatic heterocycles. The Labute approximate surface area is 161 Å². The molecule has 2 aromatic carbocycles. The quantitative estimate of drug-likeness (QED) is 0.693. The molecule has 0 radical (unpaired) electrons. The Balaban J connectivity index is 1.56. The molecule has 1 heterocycles. The summed E-state index contributed by atoms with van der Waals surface area (Å²) in [7, 11) is -3.46. The van der Waals surface area contributed by atoms with Gasteiger partial charge < -0.3 is 14.4 Å². The molecule has 0 unspecified atom stereocenters. The van der Waals surface area contributed by atoms with E-state index < -0.39 is 10.0 Å². The zero-order chi connectivity index (χ0) is 19.1. The van der Waals surface area contributed by atoms with E-state index in [4.69, 9.17) is 9.47 Å². The summed E-state index contributed by atoms with van der Waals surface area (Å²) in [4.78, 5) is 2.52. The molecule has 1 aliphatic rings. The molecule has 6 nitrogen and oxygen atoms in total.